The zero-order valence-electron chi connectivity index (χ0n) is 8.75. The van der Waals surface area contributed by atoms with Gasteiger partial charge in [0.2, 0.25) is 0 Å². The lowest BCUT2D eigenvalue weighted by Gasteiger charge is -2.09. The van der Waals surface area contributed by atoms with Crippen LogP contribution in [-0.4, -0.2) is 11.8 Å². The van der Waals surface area contributed by atoms with Crippen LogP contribution in [0, 0.1) is 0 Å². The number of nitrogens with two attached hydrogens (primary N) is 1. The van der Waals surface area contributed by atoms with Gasteiger partial charge in [0.05, 0.1) is 6.04 Å². The van der Waals surface area contributed by atoms with E-state index in [1.807, 2.05) is 0 Å². The molecule has 0 amide bonds. The van der Waals surface area contributed by atoms with E-state index in [4.69, 9.17) is 28.9 Å². The third kappa shape index (κ3) is 3.63. The summed E-state index contributed by atoms with van der Waals surface area (Å²) in [6.07, 6.45) is 2.33. The maximum Gasteiger partial charge on any atom is 0.154 e. The SMILES string of the molecule is C=CCC(N)C(=O)Cc1ccc(Cl)cc1Cl. The highest BCUT2D eigenvalue weighted by molar-refractivity contribution is 6.35. The fourth-order valence-electron chi connectivity index (χ4n) is 1.29. The van der Waals surface area contributed by atoms with Crippen molar-refractivity contribution in [2.24, 2.45) is 5.73 Å². The Morgan fingerprint density at radius 3 is 2.75 bits per heavy atom. The summed E-state index contributed by atoms with van der Waals surface area (Å²) in [4.78, 5) is 11.7. The summed E-state index contributed by atoms with van der Waals surface area (Å²) in [5.41, 5.74) is 6.41. The Labute approximate surface area is 105 Å². The molecule has 0 aliphatic carbocycles. The van der Waals surface area contributed by atoms with Crippen LogP contribution >= 0.6 is 23.2 Å². The number of carbonyl (C=O) groups excluding carboxylic acids is 1. The van der Waals surface area contributed by atoms with Crippen LogP contribution in [0.3, 0.4) is 0 Å². The Hall–Kier alpha value is -0.830. The maximum atomic E-state index is 11.7. The Balaban J connectivity index is 2.73. The average Bonchev–Trinajstić information content (AvgIpc) is 2.22. The van der Waals surface area contributed by atoms with E-state index < -0.39 is 6.04 Å². The molecule has 4 heteroatoms. The summed E-state index contributed by atoms with van der Waals surface area (Å²) in [7, 11) is 0. The molecule has 0 fully saturated rings. The zero-order valence-corrected chi connectivity index (χ0v) is 10.3. The summed E-state index contributed by atoms with van der Waals surface area (Å²) in [5.74, 6) is -0.0517. The highest BCUT2D eigenvalue weighted by Gasteiger charge is 2.14. The molecule has 0 spiro atoms. The molecule has 1 aromatic carbocycles. The first-order valence-electron chi connectivity index (χ1n) is 4.87. The fourth-order valence-corrected chi connectivity index (χ4v) is 1.77. The molecule has 0 bridgehead atoms. The third-order valence-corrected chi connectivity index (χ3v) is 2.80. The molecule has 1 atom stereocenters. The van der Waals surface area contributed by atoms with Crippen LogP contribution in [0.15, 0.2) is 30.9 Å². The van der Waals surface area contributed by atoms with Crippen LogP contribution in [-0.2, 0) is 11.2 Å². The van der Waals surface area contributed by atoms with Gasteiger partial charge in [0.1, 0.15) is 0 Å². The first-order chi connectivity index (χ1) is 7.54. The number of hydrogen-bond acceptors (Lipinski definition) is 2. The van der Waals surface area contributed by atoms with Gasteiger partial charge >= 0.3 is 0 Å². The molecule has 0 saturated carbocycles. The minimum absolute atomic E-state index is 0.0517. The van der Waals surface area contributed by atoms with E-state index in [2.05, 4.69) is 6.58 Å². The maximum absolute atomic E-state index is 11.7. The molecule has 1 unspecified atom stereocenters. The molecule has 1 rings (SSSR count). The Morgan fingerprint density at radius 2 is 2.19 bits per heavy atom. The number of ketones is 1. The number of halogens is 2. The predicted molar refractivity (Wildman–Crippen MR) is 68.0 cm³/mol. The zero-order chi connectivity index (χ0) is 12.1. The Bertz CT molecular complexity index is 404. The second kappa shape index (κ2) is 6.04. The van der Waals surface area contributed by atoms with E-state index in [0.717, 1.165) is 5.56 Å². The summed E-state index contributed by atoms with van der Waals surface area (Å²) >= 11 is 11.7. The molecule has 2 N–H and O–H groups in total. The summed E-state index contributed by atoms with van der Waals surface area (Å²) in [6, 6.07) is 4.55. The molecule has 0 aliphatic heterocycles. The van der Waals surface area contributed by atoms with Crippen molar-refractivity contribution in [3.8, 4) is 0 Å². The number of Topliss-reactive ketones (excluding diaryl/α,β-unsaturated/α-hetero) is 1. The van der Waals surface area contributed by atoms with Crippen molar-refractivity contribution >= 4 is 29.0 Å². The lowest BCUT2D eigenvalue weighted by atomic mass is 10.0. The van der Waals surface area contributed by atoms with Crippen molar-refractivity contribution in [1.29, 1.82) is 0 Å². The molecular weight excluding hydrogens is 245 g/mol. The molecule has 0 radical (unpaired) electrons. The van der Waals surface area contributed by atoms with Crippen molar-refractivity contribution < 1.29 is 4.79 Å². The van der Waals surface area contributed by atoms with Crippen molar-refractivity contribution in [1.82, 2.24) is 0 Å². The summed E-state index contributed by atoms with van der Waals surface area (Å²) in [6.45, 7) is 3.54. The molecule has 1 aromatic rings. The topological polar surface area (TPSA) is 43.1 Å². The second-order valence-electron chi connectivity index (χ2n) is 3.51. The summed E-state index contributed by atoms with van der Waals surface area (Å²) < 4.78 is 0. The van der Waals surface area contributed by atoms with Crippen LogP contribution < -0.4 is 5.73 Å². The fraction of sp³-hybridized carbons (Fsp3) is 0.250. The molecule has 0 saturated heterocycles. The molecule has 0 aliphatic rings. The molecular formula is C12H13Cl2NO. The minimum atomic E-state index is -0.510. The van der Waals surface area contributed by atoms with Gasteiger partial charge < -0.3 is 5.73 Å². The van der Waals surface area contributed by atoms with Crippen LogP contribution in [0.25, 0.3) is 0 Å². The van der Waals surface area contributed by atoms with Gasteiger partial charge in [-0.3, -0.25) is 4.79 Å². The van der Waals surface area contributed by atoms with E-state index >= 15 is 0 Å². The summed E-state index contributed by atoms with van der Waals surface area (Å²) in [5, 5.41) is 1.04. The molecule has 2 nitrogen and oxygen atoms in total. The highest BCUT2D eigenvalue weighted by Crippen LogP contribution is 2.21. The monoisotopic (exact) mass is 257 g/mol. The van der Waals surface area contributed by atoms with Crippen LogP contribution in [0.2, 0.25) is 10.0 Å². The molecule has 16 heavy (non-hydrogen) atoms. The van der Waals surface area contributed by atoms with Crippen molar-refractivity contribution in [3.63, 3.8) is 0 Å². The van der Waals surface area contributed by atoms with Gasteiger partial charge in [-0.05, 0) is 24.1 Å². The molecule has 86 valence electrons. The standard InChI is InChI=1S/C12H13Cl2NO/c1-2-3-11(15)12(16)6-8-4-5-9(13)7-10(8)14/h2,4-5,7,11H,1,3,6,15H2. The Kier molecular flexibility index (Phi) is 5.00. The van der Waals surface area contributed by atoms with E-state index in [-0.39, 0.29) is 12.2 Å². The van der Waals surface area contributed by atoms with Gasteiger partial charge in [0.15, 0.2) is 5.78 Å². The van der Waals surface area contributed by atoms with E-state index in [0.29, 0.717) is 16.5 Å². The van der Waals surface area contributed by atoms with Crippen LogP contribution in [0.4, 0.5) is 0 Å². The first-order valence-corrected chi connectivity index (χ1v) is 5.63. The van der Waals surface area contributed by atoms with Crippen molar-refractivity contribution in [3.05, 3.63) is 46.5 Å². The van der Waals surface area contributed by atoms with E-state index in [1.54, 1.807) is 24.3 Å². The van der Waals surface area contributed by atoms with Crippen molar-refractivity contribution in [2.75, 3.05) is 0 Å². The van der Waals surface area contributed by atoms with Crippen molar-refractivity contribution in [2.45, 2.75) is 18.9 Å². The number of hydrogen-bond donors (Lipinski definition) is 1. The minimum Gasteiger partial charge on any atom is -0.321 e. The van der Waals surface area contributed by atoms with Gasteiger partial charge in [-0.15, -0.1) is 6.58 Å². The first kappa shape index (κ1) is 13.2. The second-order valence-corrected chi connectivity index (χ2v) is 4.35. The molecule has 0 aromatic heterocycles. The quantitative estimate of drug-likeness (QED) is 0.825. The van der Waals surface area contributed by atoms with Gasteiger partial charge in [-0.25, -0.2) is 0 Å². The van der Waals surface area contributed by atoms with Gasteiger partial charge in [-0.2, -0.15) is 0 Å². The third-order valence-electron chi connectivity index (χ3n) is 2.21. The Morgan fingerprint density at radius 1 is 1.50 bits per heavy atom. The van der Waals surface area contributed by atoms with Gasteiger partial charge in [-0.1, -0.05) is 35.3 Å². The molecule has 0 heterocycles. The average molecular weight is 258 g/mol. The predicted octanol–water partition coefficient (Wildman–Crippen LogP) is 3.01. The number of rotatable bonds is 5. The smallest absolute Gasteiger partial charge is 0.154 e. The van der Waals surface area contributed by atoms with E-state index in [1.165, 1.54) is 0 Å². The van der Waals surface area contributed by atoms with Crippen LogP contribution in [0.5, 0.6) is 0 Å². The highest BCUT2D eigenvalue weighted by atomic mass is 35.5. The lowest BCUT2D eigenvalue weighted by molar-refractivity contribution is -0.119. The van der Waals surface area contributed by atoms with Gasteiger partial charge in [0, 0.05) is 16.5 Å². The van der Waals surface area contributed by atoms with E-state index in [9.17, 15) is 4.79 Å². The number of carbonyl (C=O) groups is 1. The van der Waals surface area contributed by atoms with Crippen LogP contribution in [0.1, 0.15) is 12.0 Å². The largest absolute Gasteiger partial charge is 0.321 e. The lowest BCUT2D eigenvalue weighted by Crippen LogP contribution is -2.31. The normalized spacial score (nSPS) is 12.2. The van der Waals surface area contributed by atoms with Gasteiger partial charge in [0.25, 0.3) is 0 Å². The number of benzene rings is 1.